The maximum Gasteiger partial charge on any atom is 0.120 e. The molecule has 0 saturated carbocycles. The number of hydrogen-bond donors (Lipinski definition) is 3. The third-order valence-electron chi connectivity index (χ3n) is 3.38. The van der Waals surface area contributed by atoms with Gasteiger partial charge in [-0.3, -0.25) is 10.4 Å². The molecule has 0 aromatic heterocycles. The zero-order chi connectivity index (χ0) is 16.4. The number of rotatable bonds is 5. The van der Waals surface area contributed by atoms with Crippen molar-refractivity contribution in [3.63, 3.8) is 0 Å². The summed E-state index contributed by atoms with van der Waals surface area (Å²) >= 11 is 0. The SMILES string of the molecule is CCC(C)Nc1c(N([O-])[O-])cc(C(C)(C)C)cc1N(O)O. The largest absolute Gasteiger partial charge is 0.769 e. The summed E-state index contributed by atoms with van der Waals surface area (Å²) in [6.45, 7) is 9.50. The Labute approximate surface area is 124 Å². The molecule has 1 rings (SSSR count). The van der Waals surface area contributed by atoms with Crippen molar-refractivity contribution in [2.75, 3.05) is 15.8 Å². The van der Waals surface area contributed by atoms with Gasteiger partial charge < -0.3 is 21.0 Å². The summed E-state index contributed by atoms with van der Waals surface area (Å²) in [5.74, 6) is 0. The lowest BCUT2D eigenvalue weighted by molar-refractivity contribution is 0.0295. The minimum atomic E-state index is -0.521. The molecule has 0 heterocycles. The van der Waals surface area contributed by atoms with Gasteiger partial charge in [0.15, 0.2) is 0 Å². The maximum absolute atomic E-state index is 11.3. The Bertz CT molecular complexity index is 455. The van der Waals surface area contributed by atoms with Gasteiger partial charge in [-0.1, -0.05) is 27.7 Å². The van der Waals surface area contributed by atoms with Crippen molar-refractivity contribution in [1.29, 1.82) is 0 Å². The fourth-order valence-corrected chi connectivity index (χ4v) is 1.84. The molecule has 0 aliphatic rings. The van der Waals surface area contributed by atoms with Gasteiger partial charge in [0.2, 0.25) is 0 Å². The van der Waals surface area contributed by atoms with Crippen LogP contribution in [0.5, 0.6) is 0 Å². The summed E-state index contributed by atoms with van der Waals surface area (Å²) in [6.07, 6.45) is 0.745. The van der Waals surface area contributed by atoms with Crippen LogP contribution in [-0.2, 0) is 5.41 Å². The lowest BCUT2D eigenvalue weighted by atomic mass is 9.86. The van der Waals surface area contributed by atoms with Gasteiger partial charge in [0.25, 0.3) is 0 Å². The Hall–Kier alpha value is -1.54. The van der Waals surface area contributed by atoms with Crippen molar-refractivity contribution in [3.05, 3.63) is 28.1 Å². The third kappa shape index (κ3) is 4.21. The van der Waals surface area contributed by atoms with Gasteiger partial charge >= 0.3 is 0 Å². The first-order valence-electron chi connectivity index (χ1n) is 6.85. The van der Waals surface area contributed by atoms with Crippen LogP contribution in [-0.4, -0.2) is 16.5 Å². The van der Waals surface area contributed by atoms with Crippen LogP contribution in [0.3, 0.4) is 0 Å². The molecule has 1 aromatic rings. The maximum atomic E-state index is 11.3. The van der Waals surface area contributed by atoms with E-state index in [2.05, 4.69) is 5.32 Å². The molecule has 7 heteroatoms. The normalized spacial score (nSPS) is 13.0. The first-order valence-corrected chi connectivity index (χ1v) is 6.85. The van der Waals surface area contributed by atoms with Crippen LogP contribution in [0, 0.1) is 10.4 Å². The van der Waals surface area contributed by atoms with E-state index in [1.54, 1.807) is 0 Å². The van der Waals surface area contributed by atoms with Crippen LogP contribution in [0.25, 0.3) is 0 Å². The molecule has 0 amide bonds. The van der Waals surface area contributed by atoms with E-state index < -0.39 is 5.23 Å². The minimum absolute atomic E-state index is 0.0329. The van der Waals surface area contributed by atoms with Crippen molar-refractivity contribution in [2.45, 2.75) is 52.5 Å². The van der Waals surface area contributed by atoms with Gasteiger partial charge in [-0.2, -0.15) is 0 Å². The van der Waals surface area contributed by atoms with Crippen LogP contribution in [0.4, 0.5) is 17.1 Å². The Morgan fingerprint density at radius 3 is 2.10 bits per heavy atom. The standard InChI is InChI=1S/C14H23N3O4/c1-6-9(2)15-13-11(16(18)19)7-10(14(3,4)5)8-12(13)17(20)21/h7-9,15,18-19H,6H2,1-5H3/q-2. The Kier molecular flexibility index (Phi) is 5.41. The third-order valence-corrected chi connectivity index (χ3v) is 3.38. The summed E-state index contributed by atoms with van der Waals surface area (Å²) in [4.78, 5) is 0. The second kappa shape index (κ2) is 6.48. The van der Waals surface area contributed by atoms with Gasteiger partial charge in [-0.25, -0.2) is 0 Å². The number of nitrogens with zero attached hydrogens (tertiary/aromatic N) is 2. The smallest absolute Gasteiger partial charge is 0.120 e. The molecule has 0 saturated heterocycles. The molecule has 0 radical (unpaired) electrons. The van der Waals surface area contributed by atoms with Crippen LogP contribution in [0.15, 0.2) is 12.1 Å². The summed E-state index contributed by atoms with van der Waals surface area (Å²) in [5, 5.41) is 43.9. The lowest BCUT2D eigenvalue weighted by Crippen LogP contribution is -2.23. The Balaban J connectivity index is 3.51. The molecule has 1 aromatic carbocycles. The molecule has 1 atom stereocenters. The van der Waals surface area contributed by atoms with Crippen molar-refractivity contribution < 1.29 is 10.4 Å². The quantitative estimate of drug-likeness (QED) is 0.713. The van der Waals surface area contributed by atoms with Gasteiger partial charge in [0.05, 0.1) is 5.69 Å². The number of nitrogens with one attached hydrogen (secondary N) is 1. The molecule has 0 spiro atoms. The highest BCUT2D eigenvalue weighted by Crippen LogP contribution is 2.40. The number of benzene rings is 1. The molecular formula is C14H23N3O4-2. The summed E-state index contributed by atoms with van der Waals surface area (Å²) < 4.78 is 0. The first-order chi connectivity index (χ1) is 9.57. The Morgan fingerprint density at radius 2 is 1.71 bits per heavy atom. The fraction of sp³-hybridized carbons (Fsp3) is 0.571. The molecule has 21 heavy (non-hydrogen) atoms. The molecule has 7 nitrogen and oxygen atoms in total. The number of hydrogen-bond acceptors (Lipinski definition) is 7. The zero-order valence-electron chi connectivity index (χ0n) is 13.0. The van der Waals surface area contributed by atoms with E-state index in [0.717, 1.165) is 6.42 Å². The monoisotopic (exact) mass is 297 g/mol. The highest BCUT2D eigenvalue weighted by Gasteiger charge is 2.21. The predicted octanol–water partition coefficient (Wildman–Crippen LogP) is 3.58. The van der Waals surface area contributed by atoms with E-state index in [-0.39, 0.29) is 33.7 Å². The number of anilines is 3. The van der Waals surface area contributed by atoms with E-state index >= 15 is 0 Å². The first kappa shape index (κ1) is 17.5. The summed E-state index contributed by atoms with van der Waals surface area (Å²) in [6, 6.07) is 2.97. The van der Waals surface area contributed by atoms with Gasteiger partial charge in [-0.05, 0) is 36.5 Å². The molecule has 0 aliphatic carbocycles. The van der Waals surface area contributed by atoms with Crippen molar-refractivity contribution in [1.82, 2.24) is 0 Å². The molecule has 3 N–H and O–H groups in total. The average Bonchev–Trinajstić information content (AvgIpc) is 2.36. The van der Waals surface area contributed by atoms with E-state index in [1.165, 1.54) is 12.1 Å². The van der Waals surface area contributed by atoms with Crippen LogP contribution in [0.2, 0.25) is 0 Å². The van der Waals surface area contributed by atoms with Crippen molar-refractivity contribution in [3.8, 4) is 0 Å². The van der Waals surface area contributed by atoms with Crippen LogP contribution >= 0.6 is 0 Å². The highest BCUT2D eigenvalue weighted by molar-refractivity contribution is 5.85. The average molecular weight is 297 g/mol. The van der Waals surface area contributed by atoms with E-state index in [0.29, 0.717) is 5.56 Å². The summed E-state index contributed by atoms with van der Waals surface area (Å²) in [5.41, 5.74) is 0.185. The fourth-order valence-electron chi connectivity index (χ4n) is 1.84. The van der Waals surface area contributed by atoms with Gasteiger partial charge in [0, 0.05) is 11.7 Å². The zero-order valence-corrected chi connectivity index (χ0v) is 13.0. The minimum Gasteiger partial charge on any atom is -0.769 e. The molecule has 1 unspecified atom stereocenters. The van der Waals surface area contributed by atoms with Gasteiger partial charge in [0.1, 0.15) is 5.69 Å². The lowest BCUT2D eigenvalue weighted by Gasteiger charge is -2.41. The van der Waals surface area contributed by atoms with Crippen molar-refractivity contribution in [2.24, 2.45) is 0 Å². The molecular weight excluding hydrogens is 274 g/mol. The highest BCUT2D eigenvalue weighted by atomic mass is 16.8. The summed E-state index contributed by atoms with van der Waals surface area (Å²) in [7, 11) is 0. The van der Waals surface area contributed by atoms with Gasteiger partial charge in [-0.15, -0.1) is 5.23 Å². The topological polar surface area (TPSA) is 105 Å². The van der Waals surface area contributed by atoms with Crippen LogP contribution in [0.1, 0.15) is 46.6 Å². The van der Waals surface area contributed by atoms with E-state index in [1.807, 2.05) is 34.6 Å². The Morgan fingerprint density at radius 1 is 1.19 bits per heavy atom. The second-order valence-electron chi connectivity index (χ2n) is 6.14. The van der Waals surface area contributed by atoms with E-state index in [9.17, 15) is 20.8 Å². The second-order valence-corrected chi connectivity index (χ2v) is 6.14. The van der Waals surface area contributed by atoms with E-state index in [4.69, 9.17) is 0 Å². The van der Waals surface area contributed by atoms with Crippen LogP contribution < -0.4 is 15.8 Å². The molecule has 120 valence electrons. The molecule has 0 bridgehead atoms. The molecule has 0 fully saturated rings. The predicted molar refractivity (Wildman–Crippen MR) is 83.8 cm³/mol. The molecule has 0 aliphatic heterocycles. The van der Waals surface area contributed by atoms with Crippen molar-refractivity contribution >= 4 is 17.1 Å².